The summed E-state index contributed by atoms with van der Waals surface area (Å²) in [5.41, 5.74) is -1.90. The number of amides is 1. The van der Waals surface area contributed by atoms with E-state index in [0.717, 1.165) is 19.8 Å². The summed E-state index contributed by atoms with van der Waals surface area (Å²) >= 11 is 0. The third-order valence-corrected chi connectivity index (χ3v) is 2.71. The highest BCUT2D eigenvalue weighted by molar-refractivity contribution is 5.81. The molecule has 16 heavy (non-hydrogen) atoms. The molecule has 0 aromatic carbocycles. The van der Waals surface area contributed by atoms with E-state index in [4.69, 9.17) is 5.11 Å². The second-order valence-corrected chi connectivity index (χ2v) is 4.28. The molecule has 0 radical (unpaired) electrons. The van der Waals surface area contributed by atoms with Crippen molar-refractivity contribution < 1.29 is 19.8 Å². The molecule has 1 rings (SSSR count). The number of carboxylic acid groups (broad SMARTS) is 1. The zero-order valence-corrected chi connectivity index (χ0v) is 9.27. The summed E-state index contributed by atoms with van der Waals surface area (Å²) in [6, 6.07) is 0. The van der Waals surface area contributed by atoms with Crippen LogP contribution in [-0.2, 0) is 9.59 Å². The van der Waals surface area contributed by atoms with Crippen LogP contribution < -0.4 is 5.32 Å². The summed E-state index contributed by atoms with van der Waals surface area (Å²) in [5, 5.41) is 20.5. The highest BCUT2D eigenvalue weighted by Crippen LogP contribution is 2.18. The van der Waals surface area contributed by atoms with Crippen molar-refractivity contribution in [2.45, 2.75) is 31.8 Å². The van der Waals surface area contributed by atoms with E-state index in [0.29, 0.717) is 6.42 Å². The number of allylic oxidation sites excluding steroid dienone is 2. The minimum absolute atomic E-state index is 0.102. The Kier molecular flexibility index (Phi) is 4.06. The van der Waals surface area contributed by atoms with Crippen molar-refractivity contribution in [3.63, 3.8) is 0 Å². The van der Waals surface area contributed by atoms with Gasteiger partial charge in [-0.3, -0.25) is 4.79 Å². The third kappa shape index (κ3) is 3.34. The molecule has 0 fully saturated rings. The van der Waals surface area contributed by atoms with Crippen molar-refractivity contribution in [1.82, 2.24) is 5.32 Å². The van der Waals surface area contributed by atoms with Crippen LogP contribution in [0.25, 0.3) is 0 Å². The zero-order valence-electron chi connectivity index (χ0n) is 9.27. The lowest BCUT2D eigenvalue weighted by atomic mass is 9.93. The molecule has 0 aliphatic heterocycles. The molecule has 5 heteroatoms. The Bertz CT molecular complexity index is 309. The van der Waals surface area contributed by atoms with Crippen LogP contribution in [0.2, 0.25) is 0 Å². The predicted octanol–water partition coefficient (Wildman–Crippen LogP) is 0.295. The van der Waals surface area contributed by atoms with Crippen LogP contribution in [-0.4, -0.2) is 34.2 Å². The Balaban J connectivity index is 2.40. The van der Waals surface area contributed by atoms with E-state index in [9.17, 15) is 14.7 Å². The first-order valence-electron chi connectivity index (χ1n) is 5.32. The van der Waals surface area contributed by atoms with E-state index < -0.39 is 11.6 Å². The van der Waals surface area contributed by atoms with Crippen LogP contribution in [0.5, 0.6) is 0 Å². The minimum Gasteiger partial charge on any atom is -0.479 e. The van der Waals surface area contributed by atoms with Gasteiger partial charge in [0.2, 0.25) is 5.91 Å². The predicted molar refractivity (Wildman–Crippen MR) is 57.8 cm³/mol. The largest absolute Gasteiger partial charge is 0.479 e. The topological polar surface area (TPSA) is 86.6 Å². The van der Waals surface area contributed by atoms with E-state index in [1.54, 1.807) is 0 Å². The fourth-order valence-electron chi connectivity index (χ4n) is 1.51. The third-order valence-electron chi connectivity index (χ3n) is 2.71. The monoisotopic (exact) mass is 227 g/mol. The zero-order chi connectivity index (χ0) is 12.2. The maximum atomic E-state index is 11.6. The van der Waals surface area contributed by atoms with Crippen molar-refractivity contribution in [1.29, 1.82) is 0 Å². The van der Waals surface area contributed by atoms with Crippen molar-refractivity contribution in [3.8, 4) is 0 Å². The number of carbonyl (C=O) groups is 2. The molecule has 0 saturated heterocycles. The summed E-state index contributed by atoms with van der Waals surface area (Å²) in [6.07, 6.45) is 6.30. The van der Waals surface area contributed by atoms with Gasteiger partial charge in [-0.1, -0.05) is 12.2 Å². The smallest absolute Gasteiger partial charge is 0.337 e. The first kappa shape index (κ1) is 12.7. The van der Waals surface area contributed by atoms with Crippen LogP contribution in [0.1, 0.15) is 26.2 Å². The summed E-state index contributed by atoms with van der Waals surface area (Å²) < 4.78 is 0. The van der Waals surface area contributed by atoms with Gasteiger partial charge in [0.1, 0.15) is 0 Å². The number of hydrogen-bond donors (Lipinski definition) is 3. The van der Waals surface area contributed by atoms with Gasteiger partial charge in [-0.25, -0.2) is 4.79 Å². The van der Waals surface area contributed by atoms with Crippen molar-refractivity contribution in [3.05, 3.63) is 12.2 Å². The van der Waals surface area contributed by atoms with Gasteiger partial charge in [0.25, 0.3) is 0 Å². The maximum Gasteiger partial charge on any atom is 0.337 e. The normalized spacial score (nSPS) is 23.5. The Morgan fingerprint density at radius 3 is 2.69 bits per heavy atom. The lowest BCUT2D eigenvalue weighted by Gasteiger charge is -2.22. The molecule has 0 spiro atoms. The average Bonchev–Trinajstić information content (AvgIpc) is 2.27. The fourth-order valence-corrected chi connectivity index (χ4v) is 1.51. The van der Waals surface area contributed by atoms with E-state index in [1.807, 2.05) is 12.2 Å². The number of hydrogen-bond acceptors (Lipinski definition) is 3. The number of carboxylic acids is 1. The molecule has 90 valence electrons. The second kappa shape index (κ2) is 5.12. The van der Waals surface area contributed by atoms with E-state index in [1.165, 1.54) is 0 Å². The van der Waals surface area contributed by atoms with Crippen LogP contribution in [0, 0.1) is 5.92 Å². The molecule has 2 atom stereocenters. The Morgan fingerprint density at radius 1 is 1.50 bits per heavy atom. The first-order chi connectivity index (χ1) is 7.43. The van der Waals surface area contributed by atoms with Gasteiger partial charge in [-0.15, -0.1) is 0 Å². The van der Waals surface area contributed by atoms with Crippen LogP contribution in [0.4, 0.5) is 0 Å². The molecule has 2 unspecified atom stereocenters. The molecule has 1 aliphatic carbocycles. The highest BCUT2D eigenvalue weighted by Gasteiger charge is 2.31. The molecule has 0 aromatic rings. The summed E-state index contributed by atoms with van der Waals surface area (Å²) in [5.74, 6) is -1.63. The first-order valence-corrected chi connectivity index (χ1v) is 5.32. The summed E-state index contributed by atoms with van der Waals surface area (Å²) in [4.78, 5) is 22.2. The van der Waals surface area contributed by atoms with Gasteiger partial charge < -0.3 is 15.5 Å². The van der Waals surface area contributed by atoms with Gasteiger partial charge in [0, 0.05) is 5.92 Å². The van der Waals surface area contributed by atoms with Crippen LogP contribution in [0.15, 0.2) is 12.2 Å². The van der Waals surface area contributed by atoms with E-state index >= 15 is 0 Å². The van der Waals surface area contributed by atoms with Gasteiger partial charge in [-0.05, 0) is 26.2 Å². The number of nitrogens with one attached hydrogen (secondary N) is 1. The second-order valence-electron chi connectivity index (χ2n) is 4.28. The van der Waals surface area contributed by atoms with Gasteiger partial charge >= 0.3 is 5.97 Å². The number of rotatable bonds is 4. The lowest BCUT2D eigenvalue weighted by molar-refractivity contribution is -0.156. The maximum absolute atomic E-state index is 11.6. The Hall–Kier alpha value is -1.36. The standard InChI is InChI=1S/C11H17NO4/c1-11(16,10(14)15)7-12-9(13)8-5-3-2-4-6-8/h2-3,8,16H,4-7H2,1H3,(H,12,13)(H,14,15). The van der Waals surface area contributed by atoms with E-state index in [2.05, 4.69) is 5.32 Å². The SMILES string of the molecule is CC(O)(CNC(=O)C1CC=CCC1)C(=O)O. The van der Waals surface area contributed by atoms with Gasteiger partial charge in [0.05, 0.1) is 6.54 Å². The highest BCUT2D eigenvalue weighted by atomic mass is 16.4. The Labute approximate surface area is 94.2 Å². The van der Waals surface area contributed by atoms with Crippen molar-refractivity contribution in [2.24, 2.45) is 5.92 Å². The molecule has 1 aliphatic rings. The van der Waals surface area contributed by atoms with E-state index in [-0.39, 0.29) is 18.4 Å². The Morgan fingerprint density at radius 2 is 2.19 bits per heavy atom. The minimum atomic E-state index is -1.90. The molecule has 3 N–H and O–H groups in total. The quantitative estimate of drug-likeness (QED) is 0.603. The summed E-state index contributed by atoms with van der Waals surface area (Å²) in [6.45, 7) is 0.901. The molecule has 0 saturated carbocycles. The molecule has 0 bridgehead atoms. The average molecular weight is 227 g/mol. The molecule has 1 amide bonds. The van der Waals surface area contributed by atoms with Gasteiger partial charge in [0.15, 0.2) is 5.60 Å². The number of carbonyl (C=O) groups excluding carboxylic acids is 1. The van der Waals surface area contributed by atoms with Crippen LogP contribution >= 0.6 is 0 Å². The molecular weight excluding hydrogens is 210 g/mol. The molecule has 0 aromatic heterocycles. The summed E-state index contributed by atoms with van der Waals surface area (Å²) in [7, 11) is 0. The van der Waals surface area contributed by atoms with Crippen LogP contribution in [0.3, 0.4) is 0 Å². The number of aliphatic hydroxyl groups is 1. The van der Waals surface area contributed by atoms with Crippen molar-refractivity contribution in [2.75, 3.05) is 6.54 Å². The van der Waals surface area contributed by atoms with Crippen molar-refractivity contribution >= 4 is 11.9 Å². The molecule has 0 heterocycles. The lowest BCUT2D eigenvalue weighted by Crippen LogP contribution is -2.47. The molecular formula is C11H17NO4. The van der Waals surface area contributed by atoms with Gasteiger partial charge in [-0.2, -0.15) is 0 Å². The number of aliphatic carboxylic acids is 1. The fraction of sp³-hybridized carbons (Fsp3) is 0.636. The molecule has 5 nitrogen and oxygen atoms in total.